The Hall–Kier alpha value is -1.88. The van der Waals surface area contributed by atoms with Crippen molar-refractivity contribution in [2.24, 2.45) is 0 Å². The van der Waals surface area contributed by atoms with Gasteiger partial charge in [0, 0.05) is 10.7 Å². The van der Waals surface area contributed by atoms with Gasteiger partial charge in [-0.25, -0.2) is 4.98 Å². The third kappa shape index (κ3) is 3.17. The Morgan fingerprint density at radius 1 is 1.30 bits per heavy atom. The molecule has 0 aliphatic heterocycles. The standard InChI is InChI=1S/C15H15BrN2O2/c1-10(11-6-3-4-8-13(11)16)18-14(19)12-7-5-9-17-15(12)20-2/h3-10H,1-2H3,(H,18,19). The number of nitrogens with zero attached hydrogens (tertiary/aromatic N) is 1. The number of methoxy groups -OCH3 is 1. The summed E-state index contributed by atoms with van der Waals surface area (Å²) in [5.41, 5.74) is 1.44. The molecular weight excluding hydrogens is 320 g/mol. The summed E-state index contributed by atoms with van der Waals surface area (Å²) in [6.07, 6.45) is 1.59. The average molecular weight is 335 g/mol. The number of ether oxygens (including phenoxy) is 1. The van der Waals surface area contributed by atoms with E-state index in [1.807, 2.05) is 31.2 Å². The van der Waals surface area contributed by atoms with E-state index in [-0.39, 0.29) is 11.9 Å². The van der Waals surface area contributed by atoms with Crippen molar-refractivity contribution in [3.8, 4) is 5.88 Å². The van der Waals surface area contributed by atoms with E-state index < -0.39 is 0 Å². The Balaban J connectivity index is 2.18. The first-order chi connectivity index (χ1) is 9.63. The number of hydrogen-bond acceptors (Lipinski definition) is 3. The highest BCUT2D eigenvalue weighted by atomic mass is 79.9. The molecule has 1 N–H and O–H groups in total. The fourth-order valence-electron chi connectivity index (χ4n) is 1.90. The summed E-state index contributed by atoms with van der Waals surface area (Å²) in [6.45, 7) is 1.93. The van der Waals surface area contributed by atoms with Crippen molar-refractivity contribution >= 4 is 21.8 Å². The molecule has 0 aliphatic rings. The maximum atomic E-state index is 12.3. The fourth-order valence-corrected chi connectivity index (χ4v) is 2.53. The number of halogens is 1. The molecule has 2 aromatic rings. The summed E-state index contributed by atoms with van der Waals surface area (Å²) in [7, 11) is 1.50. The molecule has 0 fully saturated rings. The number of pyridine rings is 1. The molecule has 1 aromatic heterocycles. The van der Waals surface area contributed by atoms with Crippen LogP contribution >= 0.6 is 15.9 Å². The zero-order valence-electron chi connectivity index (χ0n) is 11.3. The Bertz CT molecular complexity index is 616. The topological polar surface area (TPSA) is 51.2 Å². The molecule has 1 heterocycles. The van der Waals surface area contributed by atoms with Crippen LogP contribution in [0.15, 0.2) is 47.1 Å². The van der Waals surface area contributed by atoms with E-state index in [0.717, 1.165) is 10.0 Å². The van der Waals surface area contributed by atoms with Crippen LogP contribution < -0.4 is 10.1 Å². The number of benzene rings is 1. The summed E-state index contributed by atoms with van der Waals surface area (Å²) < 4.78 is 6.06. The van der Waals surface area contributed by atoms with E-state index >= 15 is 0 Å². The molecule has 0 bridgehead atoms. The van der Waals surface area contributed by atoms with Crippen molar-refractivity contribution < 1.29 is 9.53 Å². The quantitative estimate of drug-likeness (QED) is 0.932. The van der Waals surface area contributed by atoms with Crippen LogP contribution in [0.1, 0.15) is 28.9 Å². The van der Waals surface area contributed by atoms with Gasteiger partial charge in [0.15, 0.2) is 0 Å². The maximum Gasteiger partial charge on any atom is 0.257 e. The Kier molecular flexibility index (Phi) is 4.74. The first-order valence-corrected chi connectivity index (χ1v) is 6.97. The number of hydrogen-bond donors (Lipinski definition) is 1. The van der Waals surface area contributed by atoms with Crippen molar-refractivity contribution in [2.45, 2.75) is 13.0 Å². The summed E-state index contributed by atoms with van der Waals surface area (Å²) >= 11 is 3.48. The van der Waals surface area contributed by atoms with Gasteiger partial charge in [0.25, 0.3) is 5.91 Å². The van der Waals surface area contributed by atoms with Crippen LogP contribution in [0.5, 0.6) is 5.88 Å². The highest BCUT2D eigenvalue weighted by Gasteiger charge is 2.17. The maximum absolute atomic E-state index is 12.3. The Morgan fingerprint density at radius 3 is 2.75 bits per heavy atom. The zero-order chi connectivity index (χ0) is 14.5. The van der Waals surface area contributed by atoms with E-state index in [1.54, 1.807) is 18.3 Å². The largest absolute Gasteiger partial charge is 0.480 e. The molecule has 1 unspecified atom stereocenters. The lowest BCUT2D eigenvalue weighted by Crippen LogP contribution is -2.27. The first-order valence-electron chi connectivity index (χ1n) is 6.17. The van der Waals surface area contributed by atoms with Gasteiger partial charge in [-0.05, 0) is 30.7 Å². The van der Waals surface area contributed by atoms with E-state index in [2.05, 4.69) is 26.2 Å². The van der Waals surface area contributed by atoms with Crippen LogP contribution in [-0.4, -0.2) is 18.0 Å². The highest BCUT2D eigenvalue weighted by Crippen LogP contribution is 2.23. The van der Waals surface area contributed by atoms with Gasteiger partial charge in [-0.1, -0.05) is 34.1 Å². The molecule has 4 nitrogen and oxygen atoms in total. The van der Waals surface area contributed by atoms with Crippen molar-refractivity contribution in [1.29, 1.82) is 0 Å². The van der Waals surface area contributed by atoms with Crippen LogP contribution in [0.4, 0.5) is 0 Å². The monoisotopic (exact) mass is 334 g/mol. The molecular formula is C15H15BrN2O2. The number of carbonyl (C=O) groups is 1. The number of nitrogens with one attached hydrogen (secondary N) is 1. The van der Waals surface area contributed by atoms with Gasteiger partial charge in [0.1, 0.15) is 5.56 Å². The minimum atomic E-state index is -0.210. The number of rotatable bonds is 4. The minimum Gasteiger partial charge on any atom is -0.480 e. The number of aromatic nitrogens is 1. The Labute approximate surface area is 126 Å². The molecule has 0 spiro atoms. The van der Waals surface area contributed by atoms with Crippen LogP contribution in [-0.2, 0) is 0 Å². The van der Waals surface area contributed by atoms with Crippen LogP contribution in [0.3, 0.4) is 0 Å². The third-order valence-corrected chi connectivity index (χ3v) is 3.65. The smallest absolute Gasteiger partial charge is 0.257 e. The molecule has 20 heavy (non-hydrogen) atoms. The van der Waals surface area contributed by atoms with E-state index in [1.165, 1.54) is 7.11 Å². The van der Waals surface area contributed by atoms with Gasteiger partial charge < -0.3 is 10.1 Å². The summed E-state index contributed by atoms with van der Waals surface area (Å²) in [5.74, 6) is 0.113. The number of carbonyl (C=O) groups excluding carboxylic acids is 1. The molecule has 0 radical (unpaired) electrons. The SMILES string of the molecule is COc1ncccc1C(=O)NC(C)c1ccccc1Br. The number of amides is 1. The second-order valence-electron chi connectivity index (χ2n) is 4.28. The van der Waals surface area contributed by atoms with E-state index in [4.69, 9.17) is 4.74 Å². The van der Waals surface area contributed by atoms with Gasteiger partial charge in [-0.15, -0.1) is 0 Å². The van der Waals surface area contributed by atoms with E-state index in [0.29, 0.717) is 11.4 Å². The third-order valence-electron chi connectivity index (χ3n) is 2.93. The van der Waals surface area contributed by atoms with Gasteiger partial charge in [-0.2, -0.15) is 0 Å². The Morgan fingerprint density at radius 2 is 2.05 bits per heavy atom. The lowest BCUT2D eigenvalue weighted by molar-refractivity contribution is 0.0936. The van der Waals surface area contributed by atoms with Crippen LogP contribution in [0, 0.1) is 0 Å². The van der Waals surface area contributed by atoms with Crippen molar-refractivity contribution in [2.75, 3.05) is 7.11 Å². The predicted molar refractivity (Wildman–Crippen MR) is 80.8 cm³/mol. The molecule has 1 atom stereocenters. The molecule has 2 rings (SSSR count). The summed E-state index contributed by atoms with van der Waals surface area (Å²) in [6, 6.07) is 11.1. The molecule has 0 saturated carbocycles. The van der Waals surface area contributed by atoms with Crippen LogP contribution in [0.25, 0.3) is 0 Å². The predicted octanol–water partition coefficient (Wildman–Crippen LogP) is 3.34. The van der Waals surface area contributed by atoms with Gasteiger partial charge >= 0.3 is 0 Å². The molecule has 1 aromatic carbocycles. The summed E-state index contributed by atoms with van der Waals surface area (Å²) in [4.78, 5) is 16.3. The normalized spacial score (nSPS) is 11.8. The minimum absolute atomic E-state index is 0.122. The summed E-state index contributed by atoms with van der Waals surface area (Å²) in [5, 5.41) is 2.94. The van der Waals surface area contributed by atoms with Gasteiger partial charge in [-0.3, -0.25) is 4.79 Å². The molecule has 5 heteroatoms. The lowest BCUT2D eigenvalue weighted by atomic mass is 10.1. The first kappa shape index (κ1) is 14.5. The van der Waals surface area contributed by atoms with Crippen LogP contribution in [0.2, 0.25) is 0 Å². The van der Waals surface area contributed by atoms with Gasteiger partial charge in [0.2, 0.25) is 5.88 Å². The molecule has 104 valence electrons. The second kappa shape index (κ2) is 6.52. The van der Waals surface area contributed by atoms with Gasteiger partial charge in [0.05, 0.1) is 13.2 Å². The molecule has 0 saturated heterocycles. The van der Waals surface area contributed by atoms with Crippen molar-refractivity contribution in [1.82, 2.24) is 10.3 Å². The zero-order valence-corrected chi connectivity index (χ0v) is 12.8. The van der Waals surface area contributed by atoms with Crippen molar-refractivity contribution in [3.63, 3.8) is 0 Å². The molecule has 0 aliphatic carbocycles. The fraction of sp³-hybridized carbons (Fsp3) is 0.200. The highest BCUT2D eigenvalue weighted by molar-refractivity contribution is 9.10. The average Bonchev–Trinajstić information content (AvgIpc) is 2.47. The second-order valence-corrected chi connectivity index (χ2v) is 5.13. The molecule has 1 amide bonds. The van der Waals surface area contributed by atoms with E-state index in [9.17, 15) is 4.79 Å². The lowest BCUT2D eigenvalue weighted by Gasteiger charge is -2.16. The van der Waals surface area contributed by atoms with Crippen molar-refractivity contribution in [3.05, 3.63) is 58.2 Å².